The molecule has 0 aliphatic carbocycles. The summed E-state index contributed by atoms with van der Waals surface area (Å²) in [5.74, 6) is 0. The zero-order valence-electron chi connectivity index (χ0n) is 13.5. The van der Waals surface area contributed by atoms with E-state index >= 15 is 0 Å². The van der Waals surface area contributed by atoms with Gasteiger partial charge in [-0.05, 0) is 45.9 Å². The Hall–Kier alpha value is -1.36. The van der Waals surface area contributed by atoms with Gasteiger partial charge in [0, 0.05) is 18.7 Å². The summed E-state index contributed by atoms with van der Waals surface area (Å²) in [5.41, 5.74) is 2.99. The molecular weight excluding hydrogens is 298 g/mol. The van der Waals surface area contributed by atoms with Crippen molar-refractivity contribution in [2.75, 3.05) is 13.2 Å². The van der Waals surface area contributed by atoms with Gasteiger partial charge < -0.3 is 10.1 Å². The van der Waals surface area contributed by atoms with Crippen molar-refractivity contribution in [3.05, 3.63) is 46.7 Å². The van der Waals surface area contributed by atoms with Crippen LogP contribution in [0.25, 0.3) is 5.69 Å². The highest BCUT2D eigenvalue weighted by molar-refractivity contribution is 6.30. The predicted molar refractivity (Wildman–Crippen MR) is 90.7 cm³/mol. The van der Waals surface area contributed by atoms with Crippen molar-refractivity contribution < 1.29 is 4.74 Å². The van der Waals surface area contributed by atoms with Gasteiger partial charge >= 0.3 is 0 Å². The van der Waals surface area contributed by atoms with Crippen LogP contribution in [0.15, 0.2) is 30.3 Å². The third-order valence-electron chi connectivity index (χ3n) is 3.37. The molecule has 0 atom stereocenters. The number of rotatable bonds is 8. The molecule has 0 bridgehead atoms. The van der Waals surface area contributed by atoms with Gasteiger partial charge in [0.25, 0.3) is 0 Å². The molecule has 1 aromatic carbocycles. The van der Waals surface area contributed by atoms with Crippen LogP contribution in [0.4, 0.5) is 0 Å². The van der Waals surface area contributed by atoms with E-state index in [1.165, 1.54) is 0 Å². The number of aromatic nitrogens is 2. The molecule has 0 spiro atoms. The van der Waals surface area contributed by atoms with Crippen LogP contribution in [0.3, 0.4) is 0 Å². The van der Waals surface area contributed by atoms with E-state index in [4.69, 9.17) is 16.3 Å². The molecular formula is C17H24ClN3O. The molecule has 5 heteroatoms. The number of nitrogens with zero attached hydrogens (tertiary/aromatic N) is 2. The first-order valence-electron chi connectivity index (χ1n) is 7.71. The second-order valence-corrected chi connectivity index (χ2v) is 5.91. The highest BCUT2D eigenvalue weighted by Crippen LogP contribution is 2.23. The van der Waals surface area contributed by atoms with Gasteiger partial charge in [0.05, 0.1) is 17.5 Å². The van der Waals surface area contributed by atoms with Gasteiger partial charge in [0.15, 0.2) is 0 Å². The molecule has 0 amide bonds. The first-order chi connectivity index (χ1) is 10.6. The summed E-state index contributed by atoms with van der Waals surface area (Å²) in [6.45, 7) is 8.49. The van der Waals surface area contributed by atoms with Crippen molar-refractivity contribution in [3.63, 3.8) is 0 Å². The average Bonchev–Trinajstić information content (AvgIpc) is 2.79. The molecule has 0 saturated carbocycles. The van der Waals surface area contributed by atoms with Gasteiger partial charge in [0.2, 0.25) is 0 Å². The van der Waals surface area contributed by atoms with Crippen molar-refractivity contribution in [3.8, 4) is 5.69 Å². The van der Waals surface area contributed by atoms with Crippen LogP contribution in [0.1, 0.15) is 31.5 Å². The Morgan fingerprint density at radius 2 is 2.00 bits per heavy atom. The van der Waals surface area contributed by atoms with Crippen LogP contribution in [0.2, 0.25) is 5.15 Å². The van der Waals surface area contributed by atoms with Crippen molar-refractivity contribution in [1.82, 2.24) is 15.1 Å². The number of benzene rings is 1. The van der Waals surface area contributed by atoms with E-state index in [-0.39, 0.29) is 0 Å². The number of ether oxygens (including phenoxy) is 1. The minimum Gasteiger partial charge on any atom is -0.379 e. The van der Waals surface area contributed by atoms with Crippen LogP contribution < -0.4 is 5.32 Å². The van der Waals surface area contributed by atoms with Gasteiger partial charge in [0.1, 0.15) is 5.15 Å². The number of halogens is 1. The molecule has 0 saturated heterocycles. The zero-order valence-corrected chi connectivity index (χ0v) is 14.2. The molecule has 120 valence electrons. The second kappa shape index (κ2) is 8.32. The predicted octanol–water partition coefficient (Wildman–Crippen LogP) is 3.74. The Morgan fingerprint density at radius 3 is 2.68 bits per heavy atom. The van der Waals surface area contributed by atoms with E-state index in [1.54, 1.807) is 4.68 Å². The van der Waals surface area contributed by atoms with Crippen molar-refractivity contribution in [1.29, 1.82) is 0 Å². The zero-order chi connectivity index (χ0) is 15.9. The second-order valence-electron chi connectivity index (χ2n) is 5.55. The summed E-state index contributed by atoms with van der Waals surface area (Å²) in [5, 5.41) is 8.62. The highest BCUT2D eigenvalue weighted by Gasteiger charge is 2.13. The van der Waals surface area contributed by atoms with Gasteiger partial charge in [-0.2, -0.15) is 5.10 Å². The van der Waals surface area contributed by atoms with Gasteiger partial charge in [-0.15, -0.1) is 0 Å². The number of para-hydroxylation sites is 1. The maximum absolute atomic E-state index is 6.48. The van der Waals surface area contributed by atoms with Crippen LogP contribution >= 0.6 is 11.6 Å². The Balaban J connectivity index is 1.91. The molecule has 1 heterocycles. The fourth-order valence-electron chi connectivity index (χ4n) is 2.20. The molecule has 2 rings (SSSR count). The van der Waals surface area contributed by atoms with Crippen LogP contribution in [-0.2, 0) is 11.3 Å². The van der Waals surface area contributed by atoms with Gasteiger partial charge in [-0.25, -0.2) is 4.68 Å². The summed E-state index contributed by atoms with van der Waals surface area (Å²) in [7, 11) is 0. The fourth-order valence-corrected chi connectivity index (χ4v) is 2.54. The minimum atomic E-state index is 0.292. The molecule has 22 heavy (non-hydrogen) atoms. The van der Waals surface area contributed by atoms with Crippen LogP contribution in [-0.4, -0.2) is 29.0 Å². The van der Waals surface area contributed by atoms with E-state index in [9.17, 15) is 0 Å². The Bertz CT molecular complexity index is 581. The number of hydrogen-bond acceptors (Lipinski definition) is 3. The van der Waals surface area contributed by atoms with E-state index in [0.717, 1.165) is 43.1 Å². The molecule has 2 aromatic rings. The lowest BCUT2D eigenvalue weighted by Crippen LogP contribution is -2.17. The molecule has 0 aliphatic heterocycles. The molecule has 0 fully saturated rings. The quantitative estimate of drug-likeness (QED) is 0.753. The molecule has 1 N–H and O–H groups in total. The normalized spacial score (nSPS) is 11.3. The van der Waals surface area contributed by atoms with Crippen LogP contribution in [0.5, 0.6) is 0 Å². The Morgan fingerprint density at radius 1 is 1.27 bits per heavy atom. The highest BCUT2D eigenvalue weighted by atomic mass is 35.5. The average molecular weight is 322 g/mol. The lowest BCUT2D eigenvalue weighted by Gasteiger charge is -2.08. The standard InChI is InChI=1S/C17H24ClN3O/c1-13(2)22-11-7-10-19-12-16-14(3)20-21(17(16)18)15-8-5-4-6-9-15/h4-6,8-9,13,19H,7,10-12H2,1-3H3. The maximum atomic E-state index is 6.48. The van der Waals surface area contributed by atoms with Crippen molar-refractivity contribution in [2.24, 2.45) is 0 Å². The third kappa shape index (κ3) is 4.57. The number of hydrogen-bond donors (Lipinski definition) is 1. The van der Waals surface area contributed by atoms with E-state index < -0.39 is 0 Å². The smallest absolute Gasteiger partial charge is 0.137 e. The topological polar surface area (TPSA) is 39.1 Å². The van der Waals surface area contributed by atoms with Crippen molar-refractivity contribution >= 4 is 11.6 Å². The molecule has 0 radical (unpaired) electrons. The lowest BCUT2D eigenvalue weighted by atomic mass is 10.2. The first kappa shape index (κ1) is 17.0. The molecule has 1 aromatic heterocycles. The van der Waals surface area contributed by atoms with Crippen molar-refractivity contribution in [2.45, 2.75) is 39.8 Å². The van der Waals surface area contributed by atoms with Gasteiger partial charge in [-0.3, -0.25) is 0 Å². The van der Waals surface area contributed by atoms with E-state index in [2.05, 4.69) is 24.3 Å². The molecule has 0 unspecified atom stereocenters. The van der Waals surface area contributed by atoms with E-state index in [1.807, 2.05) is 37.3 Å². The summed E-state index contributed by atoms with van der Waals surface area (Å²) in [6, 6.07) is 9.94. The Kier molecular flexibility index (Phi) is 6.43. The fraction of sp³-hybridized carbons (Fsp3) is 0.471. The monoisotopic (exact) mass is 321 g/mol. The summed E-state index contributed by atoms with van der Waals surface area (Å²) >= 11 is 6.48. The van der Waals surface area contributed by atoms with E-state index in [0.29, 0.717) is 11.3 Å². The summed E-state index contributed by atoms with van der Waals surface area (Å²) in [4.78, 5) is 0. The molecule has 4 nitrogen and oxygen atoms in total. The number of aryl methyl sites for hydroxylation is 1. The number of nitrogens with one attached hydrogen (secondary N) is 1. The third-order valence-corrected chi connectivity index (χ3v) is 3.76. The van der Waals surface area contributed by atoms with Gasteiger partial charge in [-0.1, -0.05) is 29.8 Å². The minimum absolute atomic E-state index is 0.292. The van der Waals surface area contributed by atoms with Crippen LogP contribution in [0, 0.1) is 6.92 Å². The summed E-state index contributed by atoms with van der Waals surface area (Å²) in [6.07, 6.45) is 1.28. The Labute approximate surface area is 137 Å². The SMILES string of the molecule is Cc1nn(-c2ccccc2)c(Cl)c1CNCCCOC(C)C. The maximum Gasteiger partial charge on any atom is 0.137 e. The lowest BCUT2D eigenvalue weighted by molar-refractivity contribution is 0.0770. The first-order valence-corrected chi connectivity index (χ1v) is 8.09. The largest absolute Gasteiger partial charge is 0.379 e. The summed E-state index contributed by atoms with van der Waals surface area (Å²) < 4.78 is 7.31. The molecule has 0 aliphatic rings.